The van der Waals surface area contributed by atoms with Crippen molar-refractivity contribution >= 4 is 5.78 Å². The summed E-state index contributed by atoms with van der Waals surface area (Å²) >= 11 is 0. The van der Waals surface area contributed by atoms with Gasteiger partial charge in [0.05, 0.1) is 0 Å². The van der Waals surface area contributed by atoms with Crippen molar-refractivity contribution in [3.8, 4) is 0 Å². The zero-order valence-electron chi connectivity index (χ0n) is 14.8. The highest BCUT2D eigenvalue weighted by molar-refractivity contribution is 5.84. The second kappa shape index (κ2) is 12.1. The molecule has 0 saturated carbocycles. The molecule has 1 aliphatic heterocycles. The average Bonchev–Trinajstić information content (AvgIpc) is 3.29. The minimum absolute atomic E-state index is 0.00203. The van der Waals surface area contributed by atoms with Gasteiger partial charge in [-0.15, -0.1) is 0 Å². The van der Waals surface area contributed by atoms with Gasteiger partial charge in [0.15, 0.2) is 5.78 Å². The number of hydrogen-bond acceptors (Lipinski definition) is 3. The van der Waals surface area contributed by atoms with Gasteiger partial charge in [-0.2, -0.15) is 9.78 Å². The maximum atomic E-state index is 11.2. The highest BCUT2D eigenvalue weighted by Crippen LogP contribution is 2.36. The van der Waals surface area contributed by atoms with E-state index in [-0.39, 0.29) is 5.78 Å². The van der Waals surface area contributed by atoms with E-state index in [1.54, 1.807) is 0 Å². The zero-order chi connectivity index (χ0) is 16.1. The van der Waals surface area contributed by atoms with E-state index in [4.69, 9.17) is 9.78 Å². The van der Waals surface area contributed by atoms with Crippen molar-refractivity contribution in [1.82, 2.24) is 0 Å². The third-order valence-corrected chi connectivity index (χ3v) is 4.68. The van der Waals surface area contributed by atoms with Crippen molar-refractivity contribution < 1.29 is 14.6 Å². The maximum absolute atomic E-state index is 11.2. The normalized spacial score (nSPS) is 15.9. The van der Waals surface area contributed by atoms with Crippen molar-refractivity contribution in [3.05, 3.63) is 0 Å². The first kappa shape index (κ1) is 19.6. The van der Waals surface area contributed by atoms with Crippen molar-refractivity contribution in [2.75, 3.05) is 0 Å². The molecule has 1 rings (SSSR count). The largest absolute Gasteiger partial charge is 0.294 e. The molecule has 0 aromatic carbocycles. The van der Waals surface area contributed by atoms with E-state index in [0.29, 0.717) is 0 Å². The second-order valence-corrected chi connectivity index (χ2v) is 6.82. The van der Waals surface area contributed by atoms with Crippen LogP contribution in [0.4, 0.5) is 0 Å². The highest BCUT2D eigenvalue weighted by Gasteiger charge is 2.53. The molecule has 0 spiro atoms. The SMILES string of the molecule is CCCCCCCCCCCCCCCCC1(C(C)=O)OO1. The van der Waals surface area contributed by atoms with Gasteiger partial charge in [0.25, 0.3) is 5.79 Å². The van der Waals surface area contributed by atoms with Gasteiger partial charge >= 0.3 is 0 Å². The predicted octanol–water partition coefficient (Wildman–Crippen LogP) is 6.10. The van der Waals surface area contributed by atoms with Crippen LogP contribution in [0.3, 0.4) is 0 Å². The molecule has 0 aromatic heterocycles. The van der Waals surface area contributed by atoms with Gasteiger partial charge in [0.2, 0.25) is 0 Å². The van der Waals surface area contributed by atoms with Crippen LogP contribution < -0.4 is 0 Å². The number of carbonyl (C=O) groups is 1. The van der Waals surface area contributed by atoms with Gasteiger partial charge in [-0.05, 0) is 6.42 Å². The molecule has 0 radical (unpaired) electrons. The Morgan fingerprint density at radius 1 is 0.682 bits per heavy atom. The summed E-state index contributed by atoms with van der Waals surface area (Å²) in [5, 5.41) is 0. The van der Waals surface area contributed by atoms with Crippen molar-refractivity contribution in [3.63, 3.8) is 0 Å². The Morgan fingerprint density at radius 3 is 1.36 bits per heavy atom. The summed E-state index contributed by atoms with van der Waals surface area (Å²) in [5.74, 6) is -0.848. The summed E-state index contributed by atoms with van der Waals surface area (Å²) in [5.41, 5.74) is 0. The molecule has 22 heavy (non-hydrogen) atoms. The van der Waals surface area contributed by atoms with Gasteiger partial charge < -0.3 is 0 Å². The van der Waals surface area contributed by atoms with Crippen molar-refractivity contribution in [2.45, 2.75) is 116 Å². The van der Waals surface area contributed by atoms with Crippen LogP contribution in [0.25, 0.3) is 0 Å². The van der Waals surface area contributed by atoms with Gasteiger partial charge in [-0.25, -0.2) is 0 Å². The molecule has 0 bridgehead atoms. The summed E-state index contributed by atoms with van der Waals surface area (Å²) in [7, 11) is 0. The Bertz CT molecular complexity index is 284. The lowest BCUT2D eigenvalue weighted by Gasteiger charge is -2.04. The molecule has 1 heterocycles. The van der Waals surface area contributed by atoms with E-state index < -0.39 is 5.79 Å². The topological polar surface area (TPSA) is 42.1 Å². The fraction of sp³-hybridized carbons (Fsp3) is 0.947. The van der Waals surface area contributed by atoms with E-state index in [0.717, 1.165) is 12.8 Å². The van der Waals surface area contributed by atoms with Crippen LogP contribution in [0.2, 0.25) is 0 Å². The standard InChI is InChI=1S/C19H36O3/c1-3-4-5-6-7-8-9-10-11-12-13-14-15-16-17-19(18(2)20)21-22-19/h3-17H2,1-2H3. The molecule has 0 amide bonds. The van der Waals surface area contributed by atoms with E-state index in [1.165, 1.54) is 90.4 Å². The number of rotatable bonds is 16. The number of Topliss-reactive ketones (excluding diaryl/α,β-unsaturated/α-hetero) is 1. The number of ketones is 1. The molecule has 130 valence electrons. The van der Waals surface area contributed by atoms with Gasteiger partial charge in [0, 0.05) is 13.3 Å². The molecule has 1 aliphatic rings. The predicted molar refractivity (Wildman–Crippen MR) is 90.5 cm³/mol. The summed E-state index contributed by atoms with van der Waals surface area (Å²) in [4.78, 5) is 20.9. The van der Waals surface area contributed by atoms with Crippen LogP contribution in [-0.4, -0.2) is 11.6 Å². The van der Waals surface area contributed by atoms with Crippen LogP contribution in [0, 0.1) is 0 Å². The van der Waals surface area contributed by atoms with E-state index in [1.807, 2.05) is 0 Å². The number of unbranched alkanes of at least 4 members (excludes halogenated alkanes) is 13. The summed E-state index contributed by atoms with van der Waals surface area (Å²) in [6.45, 7) is 3.81. The Balaban J connectivity index is 1.73. The minimum atomic E-state index is -0.850. The Kier molecular flexibility index (Phi) is 10.8. The minimum Gasteiger partial charge on any atom is -0.294 e. The molecule has 1 saturated heterocycles. The Morgan fingerprint density at radius 2 is 1.05 bits per heavy atom. The average molecular weight is 312 g/mol. The van der Waals surface area contributed by atoms with Crippen molar-refractivity contribution in [2.24, 2.45) is 0 Å². The Labute approximate surface area is 137 Å². The highest BCUT2D eigenvalue weighted by atomic mass is 17.4. The summed E-state index contributed by atoms with van der Waals surface area (Å²) in [6.07, 6.45) is 19.6. The molecular weight excluding hydrogens is 276 g/mol. The van der Waals surface area contributed by atoms with Gasteiger partial charge in [-0.1, -0.05) is 90.4 Å². The van der Waals surface area contributed by atoms with Crippen LogP contribution >= 0.6 is 0 Å². The van der Waals surface area contributed by atoms with Gasteiger partial charge in [0.1, 0.15) is 0 Å². The van der Waals surface area contributed by atoms with Crippen LogP contribution in [0.15, 0.2) is 0 Å². The lowest BCUT2D eigenvalue weighted by Crippen LogP contribution is -2.20. The third-order valence-electron chi connectivity index (χ3n) is 4.68. The fourth-order valence-electron chi connectivity index (χ4n) is 2.98. The van der Waals surface area contributed by atoms with Crippen LogP contribution in [0.5, 0.6) is 0 Å². The molecule has 0 atom stereocenters. The van der Waals surface area contributed by atoms with Crippen LogP contribution in [-0.2, 0) is 14.6 Å². The molecule has 3 nitrogen and oxygen atoms in total. The fourth-order valence-corrected chi connectivity index (χ4v) is 2.98. The molecule has 0 N–H and O–H groups in total. The maximum Gasteiger partial charge on any atom is 0.291 e. The monoisotopic (exact) mass is 312 g/mol. The second-order valence-electron chi connectivity index (χ2n) is 6.82. The van der Waals surface area contributed by atoms with Crippen molar-refractivity contribution in [1.29, 1.82) is 0 Å². The molecular formula is C19H36O3. The smallest absolute Gasteiger partial charge is 0.291 e. The van der Waals surface area contributed by atoms with E-state index in [9.17, 15) is 4.79 Å². The molecule has 1 fully saturated rings. The first-order chi connectivity index (χ1) is 10.7. The number of hydrogen-bond donors (Lipinski definition) is 0. The van der Waals surface area contributed by atoms with Gasteiger partial charge in [-0.3, -0.25) is 4.79 Å². The molecule has 0 aromatic rings. The zero-order valence-corrected chi connectivity index (χ0v) is 14.8. The molecule has 0 aliphatic carbocycles. The number of carbonyl (C=O) groups excluding carboxylic acids is 1. The van der Waals surface area contributed by atoms with E-state index >= 15 is 0 Å². The molecule has 0 unspecified atom stereocenters. The third kappa shape index (κ3) is 8.89. The first-order valence-corrected chi connectivity index (χ1v) is 9.59. The first-order valence-electron chi connectivity index (χ1n) is 9.59. The lowest BCUT2D eigenvalue weighted by atomic mass is 10.0. The van der Waals surface area contributed by atoms with E-state index in [2.05, 4.69) is 6.92 Å². The lowest BCUT2D eigenvalue weighted by molar-refractivity contribution is -0.123. The molecule has 3 heteroatoms. The summed E-state index contributed by atoms with van der Waals surface area (Å²) in [6, 6.07) is 0. The quantitative estimate of drug-likeness (QED) is 0.196. The van der Waals surface area contributed by atoms with Crippen LogP contribution in [0.1, 0.15) is 110 Å². The summed E-state index contributed by atoms with van der Waals surface area (Å²) < 4.78 is 0. The Hall–Kier alpha value is -0.410.